The highest BCUT2D eigenvalue weighted by molar-refractivity contribution is 6.03. The minimum atomic E-state index is -0.0649. The van der Waals surface area contributed by atoms with Gasteiger partial charge in [-0.05, 0) is 36.4 Å². The number of hydrogen-bond donors (Lipinski definition) is 3. The summed E-state index contributed by atoms with van der Waals surface area (Å²) in [6.45, 7) is 0. The van der Waals surface area contributed by atoms with Gasteiger partial charge < -0.3 is 24.5 Å². The molecule has 3 aromatic carbocycles. The van der Waals surface area contributed by atoms with E-state index in [0.717, 1.165) is 10.9 Å². The predicted octanol–water partition coefficient (Wildman–Crippen LogP) is 4.89. The Morgan fingerprint density at radius 2 is 1.62 bits per heavy atom. The number of phenols is 3. The maximum absolute atomic E-state index is 10.4. The molecular weight excluding hydrogens is 332 g/mol. The summed E-state index contributed by atoms with van der Waals surface area (Å²) in [5.41, 5.74) is 2.45. The normalized spacial score (nSPS) is 11.0. The van der Waals surface area contributed by atoms with Gasteiger partial charge in [-0.3, -0.25) is 0 Å². The number of hydrogen-bond acceptors (Lipinski definition) is 5. The van der Waals surface area contributed by atoms with Crippen molar-refractivity contribution in [3.05, 3.63) is 60.7 Å². The molecule has 0 fully saturated rings. The lowest BCUT2D eigenvalue weighted by atomic mass is 9.97. The Kier molecular flexibility index (Phi) is 3.69. The lowest BCUT2D eigenvalue weighted by molar-refractivity contribution is 0.415. The van der Waals surface area contributed by atoms with Crippen molar-refractivity contribution in [2.75, 3.05) is 7.11 Å². The van der Waals surface area contributed by atoms with Gasteiger partial charge in [0, 0.05) is 34.2 Å². The number of rotatable bonds is 3. The molecule has 1 heterocycles. The summed E-state index contributed by atoms with van der Waals surface area (Å²) in [4.78, 5) is 0. The van der Waals surface area contributed by atoms with E-state index in [1.165, 1.54) is 18.2 Å². The van der Waals surface area contributed by atoms with Crippen molar-refractivity contribution in [2.45, 2.75) is 0 Å². The molecule has 0 radical (unpaired) electrons. The molecule has 5 heteroatoms. The highest BCUT2D eigenvalue weighted by Crippen LogP contribution is 2.45. The molecule has 0 atom stereocenters. The Morgan fingerprint density at radius 1 is 0.846 bits per heavy atom. The standard InChI is InChI=1S/C21H16O5/c1-25-15-4-2-3-12(9-15)21-20(16-7-5-13(22)10-18(16)24)17-8-6-14(23)11-19(17)26-21/h2-11,22-24H,1H3. The first-order valence-corrected chi connectivity index (χ1v) is 7.99. The zero-order valence-electron chi connectivity index (χ0n) is 13.9. The molecule has 0 unspecified atom stereocenters. The maximum atomic E-state index is 10.4. The van der Waals surface area contributed by atoms with Crippen LogP contribution in [0.4, 0.5) is 0 Å². The van der Waals surface area contributed by atoms with Gasteiger partial charge in [-0.2, -0.15) is 0 Å². The molecule has 0 spiro atoms. The Morgan fingerprint density at radius 3 is 2.38 bits per heavy atom. The van der Waals surface area contributed by atoms with Crippen LogP contribution in [0.5, 0.6) is 23.0 Å². The van der Waals surface area contributed by atoms with E-state index in [0.29, 0.717) is 28.2 Å². The molecule has 0 aliphatic rings. The topological polar surface area (TPSA) is 83.1 Å². The van der Waals surface area contributed by atoms with Crippen LogP contribution in [0.1, 0.15) is 0 Å². The van der Waals surface area contributed by atoms with Crippen molar-refractivity contribution in [3.63, 3.8) is 0 Å². The average molecular weight is 348 g/mol. The van der Waals surface area contributed by atoms with Crippen molar-refractivity contribution in [2.24, 2.45) is 0 Å². The van der Waals surface area contributed by atoms with Crippen LogP contribution >= 0.6 is 0 Å². The molecule has 130 valence electrons. The van der Waals surface area contributed by atoms with Crippen LogP contribution in [0.2, 0.25) is 0 Å². The van der Waals surface area contributed by atoms with Crippen LogP contribution in [-0.4, -0.2) is 22.4 Å². The third-order valence-electron chi connectivity index (χ3n) is 4.26. The Hall–Kier alpha value is -3.60. The second kappa shape index (κ2) is 6.04. The second-order valence-electron chi connectivity index (χ2n) is 5.92. The minimum Gasteiger partial charge on any atom is -0.508 e. The van der Waals surface area contributed by atoms with Crippen LogP contribution in [0.15, 0.2) is 65.1 Å². The van der Waals surface area contributed by atoms with Crippen molar-refractivity contribution < 1.29 is 24.5 Å². The van der Waals surface area contributed by atoms with E-state index in [2.05, 4.69) is 0 Å². The summed E-state index contributed by atoms with van der Waals surface area (Å²) in [5.74, 6) is 1.20. The van der Waals surface area contributed by atoms with Crippen molar-refractivity contribution in [3.8, 4) is 45.4 Å². The number of ether oxygens (including phenoxy) is 1. The first-order chi connectivity index (χ1) is 12.6. The van der Waals surface area contributed by atoms with E-state index in [1.54, 1.807) is 25.3 Å². The van der Waals surface area contributed by atoms with Gasteiger partial charge in [0.1, 0.15) is 34.3 Å². The van der Waals surface area contributed by atoms with Crippen molar-refractivity contribution >= 4 is 11.0 Å². The molecule has 0 aliphatic heterocycles. The Bertz CT molecular complexity index is 1110. The summed E-state index contributed by atoms with van der Waals surface area (Å²) < 4.78 is 11.3. The average Bonchev–Trinajstić information content (AvgIpc) is 3.00. The fraction of sp³-hybridized carbons (Fsp3) is 0.0476. The van der Waals surface area contributed by atoms with Gasteiger partial charge in [0.25, 0.3) is 0 Å². The molecule has 0 amide bonds. The largest absolute Gasteiger partial charge is 0.508 e. The number of furan rings is 1. The van der Waals surface area contributed by atoms with E-state index in [-0.39, 0.29) is 17.2 Å². The van der Waals surface area contributed by atoms with Crippen LogP contribution in [0.3, 0.4) is 0 Å². The minimum absolute atomic E-state index is 0.0281. The molecule has 5 nitrogen and oxygen atoms in total. The number of methoxy groups -OCH3 is 1. The van der Waals surface area contributed by atoms with E-state index in [9.17, 15) is 15.3 Å². The smallest absolute Gasteiger partial charge is 0.143 e. The number of phenolic OH excluding ortho intramolecular Hbond substituents is 3. The number of benzene rings is 3. The zero-order chi connectivity index (χ0) is 18.3. The Labute approximate surface area is 149 Å². The van der Waals surface area contributed by atoms with Gasteiger partial charge in [-0.15, -0.1) is 0 Å². The molecule has 3 N–H and O–H groups in total. The number of aromatic hydroxyl groups is 3. The summed E-state index contributed by atoms with van der Waals surface area (Å²) in [6.07, 6.45) is 0. The van der Waals surface area contributed by atoms with Gasteiger partial charge in [-0.25, -0.2) is 0 Å². The lowest BCUT2D eigenvalue weighted by Gasteiger charge is -2.08. The third-order valence-corrected chi connectivity index (χ3v) is 4.26. The molecule has 1 aromatic heterocycles. The maximum Gasteiger partial charge on any atom is 0.143 e. The third kappa shape index (κ3) is 2.59. The Balaban J connectivity index is 2.05. The van der Waals surface area contributed by atoms with E-state index in [1.807, 2.05) is 24.3 Å². The van der Waals surface area contributed by atoms with Gasteiger partial charge in [0.15, 0.2) is 0 Å². The predicted molar refractivity (Wildman–Crippen MR) is 98.6 cm³/mol. The summed E-state index contributed by atoms with van der Waals surface area (Å²) in [6, 6.07) is 16.6. The van der Waals surface area contributed by atoms with E-state index in [4.69, 9.17) is 9.15 Å². The summed E-state index contributed by atoms with van der Waals surface area (Å²) >= 11 is 0. The van der Waals surface area contributed by atoms with E-state index >= 15 is 0 Å². The zero-order valence-corrected chi connectivity index (χ0v) is 13.9. The highest BCUT2D eigenvalue weighted by atomic mass is 16.5. The monoisotopic (exact) mass is 348 g/mol. The lowest BCUT2D eigenvalue weighted by Crippen LogP contribution is -1.85. The van der Waals surface area contributed by atoms with Crippen molar-refractivity contribution in [1.82, 2.24) is 0 Å². The second-order valence-corrected chi connectivity index (χ2v) is 5.92. The van der Waals surface area contributed by atoms with Crippen LogP contribution in [0, 0.1) is 0 Å². The van der Waals surface area contributed by atoms with Gasteiger partial charge in [0.05, 0.1) is 7.11 Å². The summed E-state index contributed by atoms with van der Waals surface area (Å²) in [5, 5.41) is 30.5. The quantitative estimate of drug-likeness (QED) is 0.491. The first-order valence-electron chi connectivity index (χ1n) is 7.99. The van der Waals surface area contributed by atoms with E-state index < -0.39 is 0 Å². The summed E-state index contributed by atoms with van der Waals surface area (Å²) in [7, 11) is 1.59. The van der Waals surface area contributed by atoms with Gasteiger partial charge in [0.2, 0.25) is 0 Å². The fourth-order valence-electron chi connectivity index (χ4n) is 3.05. The first kappa shape index (κ1) is 15.9. The molecule has 0 saturated heterocycles. The highest BCUT2D eigenvalue weighted by Gasteiger charge is 2.21. The molecule has 4 aromatic rings. The molecule has 0 aliphatic carbocycles. The molecule has 4 rings (SSSR count). The molecule has 0 saturated carbocycles. The van der Waals surface area contributed by atoms with Crippen LogP contribution in [-0.2, 0) is 0 Å². The SMILES string of the molecule is COc1cccc(-c2oc3cc(O)ccc3c2-c2ccc(O)cc2O)c1. The van der Waals surface area contributed by atoms with Crippen LogP contribution < -0.4 is 4.74 Å². The molecule has 0 bridgehead atoms. The van der Waals surface area contributed by atoms with Crippen LogP contribution in [0.25, 0.3) is 33.4 Å². The van der Waals surface area contributed by atoms with Gasteiger partial charge in [-0.1, -0.05) is 12.1 Å². The van der Waals surface area contributed by atoms with Crippen molar-refractivity contribution in [1.29, 1.82) is 0 Å². The molecule has 26 heavy (non-hydrogen) atoms. The molecular formula is C21H16O5. The number of fused-ring (bicyclic) bond motifs is 1. The fourth-order valence-corrected chi connectivity index (χ4v) is 3.05. The van der Waals surface area contributed by atoms with Gasteiger partial charge >= 0.3 is 0 Å².